The molecular formula is C19H18BrClN8O. The summed E-state index contributed by atoms with van der Waals surface area (Å²) in [7, 11) is 3.45. The molecule has 0 spiro atoms. The van der Waals surface area contributed by atoms with Crippen LogP contribution in [0, 0.1) is 0 Å². The van der Waals surface area contributed by atoms with Crippen LogP contribution in [0.1, 0.15) is 22.6 Å². The molecule has 0 radical (unpaired) electrons. The molecule has 154 valence electrons. The van der Waals surface area contributed by atoms with Crippen LogP contribution in [0.4, 0.5) is 5.82 Å². The van der Waals surface area contributed by atoms with Gasteiger partial charge in [0.25, 0.3) is 5.91 Å². The third-order valence-electron chi connectivity index (χ3n) is 5.19. The summed E-state index contributed by atoms with van der Waals surface area (Å²) in [6.45, 7) is 2.07. The fourth-order valence-corrected chi connectivity index (χ4v) is 4.50. The Morgan fingerprint density at radius 2 is 2.07 bits per heavy atom. The molecule has 30 heavy (non-hydrogen) atoms. The molecule has 0 fully saturated rings. The predicted octanol–water partition coefficient (Wildman–Crippen LogP) is 3.00. The lowest BCUT2D eigenvalue weighted by atomic mass is 10.2. The molecule has 0 aliphatic carbocycles. The number of aryl methyl sites for hydroxylation is 1. The van der Waals surface area contributed by atoms with E-state index in [1.54, 1.807) is 24.8 Å². The number of fused-ring (bicyclic) bond motifs is 4. The standard InChI is InChI=1S/C19H18BrClN8O/c1-26(2)18(30)13-8-11-10-27(6-3-7-28(11)25-13)17-16-12(23-19(21)24-17)9-15(20)29-14(16)4-5-22-29/h4-5,8-9H,3,6-7,10H2,1-2H3. The van der Waals surface area contributed by atoms with Crippen molar-refractivity contribution < 1.29 is 4.79 Å². The monoisotopic (exact) mass is 488 g/mol. The normalized spacial score (nSPS) is 14.2. The first kappa shape index (κ1) is 19.3. The highest BCUT2D eigenvalue weighted by Gasteiger charge is 2.24. The number of carbonyl (C=O) groups is 1. The first-order chi connectivity index (χ1) is 14.4. The fraction of sp³-hybridized carbons (Fsp3) is 0.316. The summed E-state index contributed by atoms with van der Waals surface area (Å²) in [4.78, 5) is 25.1. The minimum atomic E-state index is -0.108. The molecule has 4 aromatic heterocycles. The Bertz CT molecular complexity index is 1300. The van der Waals surface area contributed by atoms with Crippen molar-refractivity contribution >= 4 is 55.7 Å². The second-order valence-electron chi connectivity index (χ2n) is 7.39. The van der Waals surface area contributed by atoms with Gasteiger partial charge in [0, 0.05) is 27.2 Å². The molecule has 0 saturated heterocycles. The van der Waals surface area contributed by atoms with E-state index in [-0.39, 0.29) is 11.2 Å². The number of anilines is 1. The SMILES string of the molecule is CN(C)C(=O)c1cc2n(n1)CCCN(c1nc(Cl)nc3cc(Br)n4nccc4c13)C2. The van der Waals surface area contributed by atoms with Crippen LogP contribution < -0.4 is 4.90 Å². The molecule has 0 atom stereocenters. The maximum atomic E-state index is 12.4. The van der Waals surface area contributed by atoms with Crippen LogP contribution in [0.5, 0.6) is 0 Å². The molecule has 0 saturated carbocycles. The minimum absolute atomic E-state index is 0.108. The number of hydrogen-bond donors (Lipinski definition) is 0. The van der Waals surface area contributed by atoms with Gasteiger partial charge in [-0.05, 0) is 52.2 Å². The van der Waals surface area contributed by atoms with Crippen molar-refractivity contribution in [3.8, 4) is 0 Å². The van der Waals surface area contributed by atoms with Crippen molar-refractivity contribution in [1.82, 2.24) is 34.3 Å². The second-order valence-corrected chi connectivity index (χ2v) is 8.54. The van der Waals surface area contributed by atoms with Gasteiger partial charge in [0.2, 0.25) is 5.28 Å². The first-order valence-electron chi connectivity index (χ1n) is 9.45. The van der Waals surface area contributed by atoms with Gasteiger partial charge in [-0.2, -0.15) is 15.2 Å². The highest BCUT2D eigenvalue weighted by atomic mass is 79.9. The van der Waals surface area contributed by atoms with Crippen molar-refractivity contribution in [2.24, 2.45) is 0 Å². The van der Waals surface area contributed by atoms with Crippen molar-refractivity contribution in [2.45, 2.75) is 19.5 Å². The number of aromatic nitrogens is 6. The summed E-state index contributed by atoms with van der Waals surface area (Å²) in [6.07, 6.45) is 2.61. The first-order valence-corrected chi connectivity index (χ1v) is 10.6. The number of carbonyl (C=O) groups excluding carboxylic acids is 1. The Hall–Kier alpha value is -2.72. The zero-order chi connectivity index (χ0) is 21.0. The van der Waals surface area contributed by atoms with Crippen molar-refractivity contribution in [1.29, 1.82) is 0 Å². The number of nitrogens with zero attached hydrogens (tertiary/aromatic N) is 8. The van der Waals surface area contributed by atoms with Crippen LogP contribution in [0.3, 0.4) is 0 Å². The zero-order valence-corrected chi connectivity index (χ0v) is 18.7. The van der Waals surface area contributed by atoms with Gasteiger partial charge in [0.15, 0.2) is 5.69 Å². The zero-order valence-electron chi connectivity index (χ0n) is 16.4. The highest BCUT2D eigenvalue weighted by molar-refractivity contribution is 9.10. The molecule has 11 heteroatoms. The Kier molecular flexibility index (Phi) is 4.62. The molecule has 4 aromatic rings. The summed E-state index contributed by atoms with van der Waals surface area (Å²) in [6, 6.07) is 5.68. The van der Waals surface area contributed by atoms with Gasteiger partial charge in [-0.25, -0.2) is 9.50 Å². The number of rotatable bonds is 2. The molecule has 0 bridgehead atoms. The van der Waals surface area contributed by atoms with Crippen molar-refractivity contribution in [3.63, 3.8) is 0 Å². The molecule has 1 aliphatic heterocycles. The topological polar surface area (TPSA) is 84.5 Å². The molecule has 1 amide bonds. The molecule has 5 rings (SSSR count). The molecule has 0 aromatic carbocycles. The second kappa shape index (κ2) is 7.21. The third kappa shape index (κ3) is 3.10. The van der Waals surface area contributed by atoms with Gasteiger partial charge in [-0.15, -0.1) is 0 Å². The van der Waals surface area contributed by atoms with Crippen LogP contribution in [-0.2, 0) is 13.1 Å². The maximum absolute atomic E-state index is 12.4. The average molecular weight is 490 g/mol. The molecule has 9 nitrogen and oxygen atoms in total. The summed E-state index contributed by atoms with van der Waals surface area (Å²) < 4.78 is 4.50. The average Bonchev–Trinajstić information content (AvgIpc) is 3.29. The lowest BCUT2D eigenvalue weighted by molar-refractivity contribution is 0.0821. The lowest BCUT2D eigenvalue weighted by Crippen LogP contribution is -2.24. The Labute approximate surface area is 185 Å². The van der Waals surface area contributed by atoms with Crippen molar-refractivity contribution in [3.05, 3.63) is 45.7 Å². The smallest absolute Gasteiger partial charge is 0.273 e. The molecule has 1 aliphatic rings. The maximum Gasteiger partial charge on any atom is 0.273 e. The number of amides is 1. The van der Waals surface area contributed by atoms with Crippen LogP contribution in [-0.4, -0.2) is 60.8 Å². The van der Waals surface area contributed by atoms with Crippen LogP contribution in [0.25, 0.3) is 16.4 Å². The van der Waals surface area contributed by atoms with E-state index in [4.69, 9.17) is 11.6 Å². The van der Waals surface area contributed by atoms with Gasteiger partial charge >= 0.3 is 0 Å². The van der Waals surface area contributed by atoms with E-state index in [0.717, 1.165) is 52.0 Å². The number of halogens is 2. The van der Waals surface area contributed by atoms with E-state index in [0.29, 0.717) is 12.2 Å². The summed E-state index contributed by atoms with van der Waals surface area (Å²) in [5, 5.41) is 9.97. The van der Waals surface area contributed by atoms with Gasteiger partial charge in [-0.1, -0.05) is 0 Å². The van der Waals surface area contributed by atoms with Crippen LogP contribution >= 0.6 is 27.5 Å². The van der Waals surface area contributed by atoms with Crippen molar-refractivity contribution in [2.75, 3.05) is 25.5 Å². The van der Waals surface area contributed by atoms with E-state index in [9.17, 15) is 4.79 Å². The number of hydrogen-bond acceptors (Lipinski definition) is 6. The van der Waals surface area contributed by atoms with Crippen LogP contribution in [0.15, 0.2) is 29.0 Å². The minimum Gasteiger partial charge on any atom is -0.350 e. The van der Waals surface area contributed by atoms with Gasteiger partial charge in [0.1, 0.15) is 10.4 Å². The van der Waals surface area contributed by atoms with E-state index >= 15 is 0 Å². The lowest BCUT2D eigenvalue weighted by Gasteiger charge is -2.23. The van der Waals surface area contributed by atoms with Gasteiger partial charge < -0.3 is 9.80 Å². The quantitative estimate of drug-likeness (QED) is 0.318. The third-order valence-corrected chi connectivity index (χ3v) is 5.92. The Morgan fingerprint density at radius 3 is 2.87 bits per heavy atom. The summed E-state index contributed by atoms with van der Waals surface area (Å²) in [5.41, 5.74) is 3.05. The van der Waals surface area contributed by atoms with Gasteiger partial charge in [-0.3, -0.25) is 9.48 Å². The van der Waals surface area contributed by atoms with E-state index < -0.39 is 0 Å². The van der Waals surface area contributed by atoms with Crippen LogP contribution in [0.2, 0.25) is 5.28 Å². The molecule has 5 heterocycles. The summed E-state index contributed by atoms with van der Waals surface area (Å²) in [5.74, 6) is 0.640. The Morgan fingerprint density at radius 1 is 1.23 bits per heavy atom. The fourth-order valence-electron chi connectivity index (χ4n) is 3.83. The largest absolute Gasteiger partial charge is 0.350 e. The predicted molar refractivity (Wildman–Crippen MR) is 117 cm³/mol. The molecular weight excluding hydrogens is 472 g/mol. The summed E-state index contributed by atoms with van der Waals surface area (Å²) >= 11 is 9.83. The highest BCUT2D eigenvalue weighted by Crippen LogP contribution is 2.33. The Balaban J connectivity index is 1.64. The number of pyridine rings is 1. The van der Waals surface area contributed by atoms with E-state index in [1.165, 1.54) is 4.90 Å². The van der Waals surface area contributed by atoms with Gasteiger partial charge in [0.05, 0.1) is 34.9 Å². The van der Waals surface area contributed by atoms with E-state index in [2.05, 4.69) is 41.0 Å². The van der Waals surface area contributed by atoms with E-state index in [1.807, 2.05) is 22.9 Å². The molecule has 0 N–H and O–H groups in total. The molecule has 0 unspecified atom stereocenters.